The minimum absolute atomic E-state index is 0.462. The molecule has 2 nitrogen and oxygen atoms in total. The Bertz CT molecular complexity index is 85.1. The highest BCUT2D eigenvalue weighted by Crippen LogP contribution is 1.86. The van der Waals surface area contributed by atoms with Crippen molar-refractivity contribution >= 4 is 17.4 Å². The molecule has 0 aliphatic carbocycles. The molecule has 1 N–H and O–H groups in total. The first-order chi connectivity index (χ1) is 4.31. The summed E-state index contributed by atoms with van der Waals surface area (Å²) in [7, 11) is 1.74. The summed E-state index contributed by atoms with van der Waals surface area (Å²) in [4.78, 5) is 0. The summed E-state index contributed by atoms with van der Waals surface area (Å²) in [6.45, 7) is 4.33. The maximum absolute atomic E-state index is 5.01. The van der Waals surface area contributed by atoms with E-state index in [0.29, 0.717) is 11.8 Å². The van der Waals surface area contributed by atoms with Crippen molar-refractivity contribution in [3.05, 3.63) is 6.92 Å². The second-order valence-corrected chi connectivity index (χ2v) is 1.96. The molecule has 0 fully saturated rings. The Morgan fingerprint density at radius 2 is 2.44 bits per heavy atom. The normalized spacial score (nSPS) is 8.67. The van der Waals surface area contributed by atoms with Crippen molar-refractivity contribution in [3.63, 3.8) is 0 Å². The van der Waals surface area contributed by atoms with Crippen LogP contribution in [0.25, 0.3) is 0 Å². The highest BCUT2D eigenvalue weighted by atomic mass is 32.1. The zero-order chi connectivity index (χ0) is 7.11. The Kier molecular flexibility index (Phi) is 5.62. The number of nitrogens with one attached hydrogen (secondary N) is 1. The Morgan fingerprint density at radius 3 is 2.89 bits per heavy atom. The molecule has 0 aliphatic rings. The van der Waals surface area contributed by atoms with Crippen molar-refractivity contribution in [2.45, 2.75) is 12.8 Å². The fourth-order valence-electron chi connectivity index (χ4n) is 0.339. The molecule has 3 heteroatoms. The lowest BCUT2D eigenvalue weighted by atomic mass is 10.4. The van der Waals surface area contributed by atoms with Crippen LogP contribution in [-0.4, -0.2) is 18.8 Å². The van der Waals surface area contributed by atoms with Crippen molar-refractivity contribution in [1.82, 2.24) is 5.32 Å². The first-order valence-electron chi connectivity index (χ1n) is 2.95. The standard InChI is InChI=1S/C6H12NOS/c1-3-4-5-8-6(9)7-2/h1,3-5H2,2H3,(H,7,9). The van der Waals surface area contributed by atoms with Gasteiger partial charge in [-0.05, 0) is 18.6 Å². The first kappa shape index (κ1) is 8.69. The first-order valence-corrected chi connectivity index (χ1v) is 3.36. The summed E-state index contributed by atoms with van der Waals surface area (Å²) in [6.07, 6.45) is 1.86. The molecule has 0 amide bonds. The summed E-state index contributed by atoms with van der Waals surface area (Å²) in [5, 5.41) is 3.17. The zero-order valence-corrected chi connectivity index (χ0v) is 6.46. The van der Waals surface area contributed by atoms with E-state index in [4.69, 9.17) is 17.0 Å². The minimum Gasteiger partial charge on any atom is -0.471 e. The monoisotopic (exact) mass is 146 g/mol. The molecule has 0 aliphatic heterocycles. The molecule has 0 atom stereocenters. The molecule has 0 saturated carbocycles. The van der Waals surface area contributed by atoms with Gasteiger partial charge in [-0.25, -0.2) is 0 Å². The molecule has 0 bridgehead atoms. The predicted octanol–water partition coefficient (Wildman–Crippen LogP) is 1.12. The van der Waals surface area contributed by atoms with Gasteiger partial charge in [0.15, 0.2) is 0 Å². The fraction of sp³-hybridized carbons (Fsp3) is 0.667. The van der Waals surface area contributed by atoms with E-state index < -0.39 is 0 Å². The van der Waals surface area contributed by atoms with Crippen LogP contribution in [-0.2, 0) is 4.74 Å². The molecule has 0 aromatic carbocycles. The van der Waals surface area contributed by atoms with Crippen LogP contribution in [0, 0.1) is 6.92 Å². The van der Waals surface area contributed by atoms with Gasteiger partial charge in [0, 0.05) is 7.05 Å². The quantitative estimate of drug-likeness (QED) is 0.476. The van der Waals surface area contributed by atoms with E-state index in [1.165, 1.54) is 0 Å². The Morgan fingerprint density at radius 1 is 1.78 bits per heavy atom. The SMILES string of the molecule is [CH2]CCCOC(=S)NC. The number of unbranched alkanes of at least 4 members (excludes halogenated alkanes) is 1. The van der Waals surface area contributed by atoms with E-state index in [1.54, 1.807) is 7.05 Å². The molecule has 0 saturated heterocycles. The van der Waals surface area contributed by atoms with Gasteiger partial charge in [0.2, 0.25) is 0 Å². The lowest BCUT2D eigenvalue weighted by Crippen LogP contribution is -2.19. The molecule has 0 aromatic rings. The summed E-state index contributed by atoms with van der Waals surface area (Å²) < 4.78 is 5.01. The van der Waals surface area contributed by atoms with E-state index in [9.17, 15) is 0 Å². The number of ether oxygens (including phenoxy) is 1. The van der Waals surface area contributed by atoms with E-state index in [1.807, 2.05) is 0 Å². The third-order valence-corrected chi connectivity index (χ3v) is 1.15. The van der Waals surface area contributed by atoms with Crippen molar-refractivity contribution in [3.8, 4) is 0 Å². The molecule has 9 heavy (non-hydrogen) atoms. The number of hydrogen-bond donors (Lipinski definition) is 1. The smallest absolute Gasteiger partial charge is 0.256 e. The maximum atomic E-state index is 5.01. The predicted molar refractivity (Wildman–Crippen MR) is 42.2 cm³/mol. The van der Waals surface area contributed by atoms with Gasteiger partial charge >= 0.3 is 0 Å². The molecular weight excluding hydrogens is 134 g/mol. The second kappa shape index (κ2) is 5.82. The molecular formula is C6H12NOS. The van der Waals surface area contributed by atoms with Crippen LogP contribution in [0.4, 0.5) is 0 Å². The Balaban J connectivity index is 2.97. The van der Waals surface area contributed by atoms with Crippen molar-refractivity contribution in [2.75, 3.05) is 13.7 Å². The van der Waals surface area contributed by atoms with Crippen molar-refractivity contribution in [2.24, 2.45) is 0 Å². The van der Waals surface area contributed by atoms with Crippen LogP contribution >= 0.6 is 12.2 Å². The highest BCUT2D eigenvalue weighted by molar-refractivity contribution is 7.80. The van der Waals surface area contributed by atoms with Gasteiger partial charge in [-0.15, -0.1) is 0 Å². The minimum atomic E-state index is 0.462. The van der Waals surface area contributed by atoms with Gasteiger partial charge in [-0.2, -0.15) is 0 Å². The van der Waals surface area contributed by atoms with Crippen LogP contribution in [0.3, 0.4) is 0 Å². The van der Waals surface area contributed by atoms with Crippen LogP contribution in [0.1, 0.15) is 12.8 Å². The van der Waals surface area contributed by atoms with Gasteiger partial charge in [0.1, 0.15) is 0 Å². The van der Waals surface area contributed by atoms with Gasteiger partial charge in [0.25, 0.3) is 5.17 Å². The van der Waals surface area contributed by atoms with Gasteiger partial charge in [-0.3, -0.25) is 0 Å². The average Bonchev–Trinajstić information content (AvgIpc) is 1.89. The van der Waals surface area contributed by atoms with Gasteiger partial charge in [0.05, 0.1) is 6.61 Å². The summed E-state index contributed by atoms with van der Waals surface area (Å²) in [5.74, 6) is 0. The molecule has 1 radical (unpaired) electrons. The molecule has 0 rings (SSSR count). The lowest BCUT2D eigenvalue weighted by molar-refractivity contribution is 0.296. The highest BCUT2D eigenvalue weighted by Gasteiger charge is 1.88. The average molecular weight is 146 g/mol. The van der Waals surface area contributed by atoms with Gasteiger partial charge in [-0.1, -0.05) is 13.3 Å². The van der Waals surface area contributed by atoms with Crippen LogP contribution < -0.4 is 5.32 Å². The summed E-state index contributed by atoms with van der Waals surface area (Å²) >= 11 is 4.71. The number of thiocarbonyl (C=S) groups is 1. The third-order valence-electron chi connectivity index (χ3n) is 0.832. The van der Waals surface area contributed by atoms with E-state index >= 15 is 0 Å². The van der Waals surface area contributed by atoms with Crippen molar-refractivity contribution < 1.29 is 4.74 Å². The molecule has 0 heterocycles. The van der Waals surface area contributed by atoms with Crippen LogP contribution in [0.15, 0.2) is 0 Å². The second-order valence-electron chi connectivity index (χ2n) is 1.59. The van der Waals surface area contributed by atoms with E-state index in [-0.39, 0.29) is 0 Å². The van der Waals surface area contributed by atoms with Gasteiger partial charge < -0.3 is 10.1 Å². The Hall–Kier alpha value is -0.310. The molecule has 53 valence electrons. The summed E-state index contributed by atoms with van der Waals surface area (Å²) in [6, 6.07) is 0. The molecule has 0 spiro atoms. The topological polar surface area (TPSA) is 21.3 Å². The lowest BCUT2D eigenvalue weighted by Gasteiger charge is -2.03. The fourth-order valence-corrected chi connectivity index (χ4v) is 0.422. The Labute approximate surface area is 61.6 Å². The number of hydrogen-bond acceptors (Lipinski definition) is 2. The zero-order valence-electron chi connectivity index (χ0n) is 5.64. The van der Waals surface area contributed by atoms with Crippen LogP contribution in [0.2, 0.25) is 0 Å². The van der Waals surface area contributed by atoms with Crippen molar-refractivity contribution in [1.29, 1.82) is 0 Å². The third kappa shape index (κ3) is 5.56. The van der Waals surface area contributed by atoms with E-state index in [2.05, 4.69) is 12.2 Å². The van der Waals surface area contributed by atoms with E-state index in [0.717, 1.165) is 12.8 Å². The number of rotatable bonds is 3. The maximum Gasteiger partial charge on any atom is 0.256 e. The molecule has 0 aromatic heterocycles. The summed E-state index contributed by atoms with van der Waals surface area (Å²) in [5.41, 5.74) is 0. The molecule has 0 unspecified atom stereocenters. The van der Waals surface area contributed by atoms with Crippen LogP contribution in [0.5, 0.6) is 0 Å². The largest absolute Gasteiger partial charge is 0.471 e.